The van der Waals surface area contributed by atoms with E-state index in [0.717, 1.165) is 5.56 Å². The van der Waals surface area contributed by atoms with Gasteiger partial charge in [0.1, 0.15) is 0 Å². The Kier molecular flexibility index (Phi) is 1.58. The molecule has 0 bridgehead atoms. The van der Waals surface area contributed by atoms with Crippen molar-refractivity contribution in [2.75, 3.05) is 0 Å². The lowest BCUT2D eigenvalue weighted by Crippen LogP contribution is -1.91. The quantitative estimate of drug-likeness (QED) is 0.672. The number of hydrogen-bond acceptors (Lipinski definition) is 0. The summed E-state index contributed by atoms with van der Waals surface area (Å²) < 4.78 is 39.2. The summed E-state index contributed by atoms with van der Waals surface area (Å²) in [5.74, 6) is 0.212. The first-order valence-electron chi connectivity index (χ1n) is 7.52. The summed E-state index contributed by atoms with van der Waals surface area (Å²) in [6.07, 6.45) is 0. The zero-order chi connectivity index (χ0) is 15.0. The molecule has 2 aromatic carbocycles. The fourth-order valence-corrected chi connectivity index (χ4v) is 1.61. The summed E-state index contributed by atoms with van der Waals surface area (Å²) in [4.78, 5) is 0. The van der Waals surface area contributed by atoms with E-state index < -0.39 is 0 Å². The van der Waals surface area contributed by atoms with Gasteiger partial charge in [-0.2, -0.15) is 0 Å². The standard InChI is InChI=1S/C15H16/c1-12(2)14-10-6-7-11-15(14)13-8-4-3-5-9-13/h3-12H,1-2H3/i3D,4D,5D,8D,9D. The van der Waals surface area contributed by atoms with Crippen LogP contribution in [0.2, 0.25) is 0 Å². The molecule has 0 N–H and O–H groups in total. The monoisotopic (exact) mass is 201 g/mol. The van der Waals surface area contributed by atoms with E-state index in [1.807, 2.05) is 38.1 Å². The van der Waals surface area contributed by atoms with Crippen molar-refractivity contribution < 1.29 is 6.85 Å². The summed E-state index contributed by atoms with van der Waals surface area (Å²) in [5.41, 5.74) is 1.96. The van der Waals surface area contributed by atoms with Gasteiger partial charge < -0.3 is 0 Å². The fraction of sp³-hybridized carbons (Fsp3) is 0.200. The van der Waals surface area contributed by atoms with Gasteiger partial charge in [-0.1, -0.05) is 68.3 Å². The molecule has 0 amide bonds. The van der Waals surface area contributed by atoms with Gasteiger partial charge in [0.25, 0.3) is 0 Å². The summed E-state index contributed by atoms with van der Waals surface area (Å²) in [6.45, 7) is 4.04. The Bertz CT molecular complexity index is 633. The van der Waals surface area contributed by atoms with Crippen LogP contribution in [0.5, 0.6) is 0 Å². The third-order valence-electron chi connectivity index (χ3n) is 2.35. The van der Waals surface area contributed by atoms with Crippen LogP contribution >= 0.6 is 0 Å². The topological polar surface area (TPSA) is 0 Å². The van der Waals surface area contributed by atoms with Gasteiger partial charge in [-0.15, -0.1) is 0 Å². The molecule has 0 saturated carbocycles. The summed E-state index contributed by atoms with van der Waals surface area (Å²) >= 11 is 0. The first kappa shape index (κ1) is 5.50. The van der Waals surface area contributed by atoms with Crippen molar-refractivity contribution in [3.05, 3.63) is 60.0 Å². The lowest BCUT2D eigenvalue weighted by Gasteiger charge is -2.12. The molecular weight excluding hydrogens is 180 g/mol. The molecule has 2 aromatic rings. The van der Waals surface area contributed by atoms with E-state index in [1.165, 1.54) is 0 Å². The normalized spacial score (nSPS) is 15.3. The van der Waals surface area contributed by atoms with E-state index in [4.69, 9.17) is 6.85 Å². The molecule has 0 aliphatic heterocycles. The van der Waals surface area contributed by atoms with Crippen LogP contribution in [-0.4, -0.2) is 0 Å². The van der Waals surface area contributed by atoms with Crippen LogP contribution in [0.3, 0.4) is 0 Å². The molecule has 0 atom stereocenters. The molecule has 0 aliphatic rings. The van der Waals surface area contributed by atoms with Crippen LogP contribution in [-0.2, 0) is 0 Å². The molecule has 0 nitrogen and oxygen atoms in total. The predicted octanol–water partition coefficient (Wildman–Crippen LogP) is 4.48. The lowest BCUT2D eigenvalue weighted by molar-refractivity contribution is 0.869. The maximum absolute atomic E-state index is 8.04. The van der Waals surface area contributed by atoms with Gasteiger partial charge in [0, 0.05) is 0 Å². The summed E-state index contributed by atoms with van der Waals surface area (Å²) in [7, 11) is 0. The van der Waals surface area contributed by atoms with Crippen molar-refractivity contribution in [2.45, 2.75) is 19.8 Å². The van der Waals surface area contributed by atoms with Crippen LogP contribution < -0.4 is 0 Å². The molecule has 0 heterocycles. The van der Waals surface area contributed by atoms with Gasteiger partial charge in [-0.3, -0.25) is 0 Å². The molecule has 0 aliphatic carbocycles. The number of benzene rings is 2. The minimum absolute atomic E-state index is 0.149. The van der Waals surface area contributed by atoms with E-state index in [-0.39, 0.29) is 41.7 Å². The Labute approximate surface area is 98.6 Å². The van der Waals surface area contributed by atoms with Crippen LogP contribution in [0.4, 0.5) is 0 Å². The molecule has 15 heavy (non-hydrogen) atoms. The van der Waals surface area contributed by atoms with E-state index in [2.05, 4.69) is 0 Å². The Morgan fingerprint density at radius 2 is 1.67 bits per heavy atom. The third kappa shape index (κ3) is 2.10. The molecule has 2 rings (SSSR count). The van der Waals surface area contributed by atoms with Gasteiger partial charge in [0.2, 0.25) is 0 Å². The molecule has 0 radical (unpaired) electrons. The van der Waals surface area contributed by atoms with Gasteiger partial charge in [0.05, 0.1) is 6.85 Å². The SMILES string of the molecule is [2H]c1c([2H])c([2H])c(-c2ccccc2C(C)C)c([2H])c1[2H]. The van der Waals surface area contributed by atoms with E-state index in [9.17, 15) is 0 Å². The second kappa shape index (κ2) is 4.31. The summed E-state index contributed by atoms with van der Waals surface area (Å²) in [5, 5.41) is 0. The average Bonchev–Trinajstić information content (AvgIpc) is 2.43. The largest absolute Gasteiger partial charge is 0.0629 e. The Morgan fingerprint density at radius 3 is 2.33 bits per heavy atom. The Morgan fingerprint density at radius 1 is 1.00 bits per heavy atom. The second-order valence-corrected chi connectivity index (χ2v) is 3.74. The molecule has 0 spiro atoms. The highest BCUT2D eigenvalue weighted by molar-refractivity contribution is 5.67. The molecule has 0 saturated heterocycles. The highest BCUT2D eigenvalue weighted by Gasteiger charge is 2.06. The molecule has 0 fully saturated rings. The maximum Gasteiger partial charge on any atom is 0.0629 e. The molecular formula is C15H16. The fourth-order valence-electron chi connectivity index (χ4n) is 1.61. The highest BCUT2D eigenvalue weighted by atomic mass is 14.1. The van der Waals surface area contributed by atoms with Crippen LogP contribution in [0.25, 0.3) is 11.1 Å². The second-order valence-electron chi connectivity index (χ2n) is 3.74. The molecule has 0 heteroatoms. The van der Waals surface area contributed by atoms with Gasteiger partial charge in [-0.25, -0.2) is 0 Å². The van der Waals surface area contributed by atoms with Gasteiger partial charge in [-0.05, 0) is 22.6 Å². The highest BCUT2D eigenvalue weighted by Crippen LogP contribution is 2.28. The Hall–Kier alpha value is -1.56. The molecule has 0 unspecified atom stereocenters. The Balaban J connectivity index is 2.84. The third-order valence-corrected chi connectivity index (χ3v) is 2.35. The summed E-state index contributed by atoms with van der Waals surface area (Å²) in [6, 6.07) is 6.22. The maximum atomic E-state index is 8.04. The predicted molar refractivity (Wildman–Crippen MR) is 66.0 cm³/mol. The smallest absolute Gasteiger partial charge is 0.0622 e. The van der Waals surface area contributed by atoms with Crippen molar-refractivity contribution >= 4 is 0 Å². The van der Waals surface area contributed by atoms with Gasteiger partial charge >= 0.3 is 0 Å². The van der Waals surface area contributed by atoms with Crippen LogP contribution in [0.1, 0.15) is 32.2 Å². The van der Waals surface area contributed by atoms with E-state index in [1.54, 1.807) is 0 Å². The van der Waals surface area contributed by atoms with E-state index >= 15 is 0 Å². The van der Waals surface area contributed by atoms with Crippen LogP contribution in [0, 0.1) is 0 Å². The first-order valence-corrected chi connectivity index (χ1v) is 5.02. The van der Waals surface area contributed by atoms with Crippen molar-refractivity contribution in [2.24, 2.45) is 0 Å². The molecule has 0 aromatic heterocycles. The zero-order valence-electron chi connectivity index (χ0n) is 13.9. The number of hydrogen-bond donors (Lipinski definition) is 0. The minimum atomic E-state index is -0.356. The molecule has 76 valence electrons. The van der Waals surface area contributed by atoms with Crippen molar-refractivity contribution in [3.8, 4) is 11.1 Å². The van der Waals surface area contributed by atoms with E-state index in [0.29, 0.717) is 5.56 Å². The zero-order valence-corrected chi connectivity index (χ0v) is 8.89. The van der Waals surface area contributed by atoms with Crippen molar-refractivity contribution in [3.63, 3.8) is 0 Å². The average molecular weight is 201 g/mol. The van der Waals surface area contributed by atoms with Gasteiger partial charge in [0.15, 0.2) is 0 Å². The minimum Gasteiger partial charge on any atom is -0.0622 e. The lowest BCUT2D eigenvalue weighted by atomic mass is 9.93. The number of rotatable bonds is 2. The van der Waals surface area contributed by atoms with Crippen molar-refractivity contribution in [1.82, 2.24) is 0 Å². The van der Waals surface area contributed by atoms with Crippen LogP contribution in [0.15, 0.2) is 54.5 Å². The first-order chi connectivity index (χ1) is 9.36. The van der Waals surface area contributed by atoms with Crippen molar-refractivity contribution in [1.29, 1.82) is 0 Å².